The van der Waals surface area contributed by atoms with Gasteiger partial charge in [-0.05, 0) is 88.4 Å². The molecule has 6 aromatic rings. The molecule has 0 unspecified atom stereocenters. The first kappa shape index (κ1) is 43.7. The maximum absolute atomic E-state index is 12.6. The van der Waals surface area contributed by atoms with E-state index in [4.69, 9.17) is 18.5 Å². The molecular weight excluding hydrogens is 869 g/mol. The number of aliphatic hydroxyl groups is 1. The molecule has 0 fully saturated rings. The normalized spacial score (nSPS) is 11.6. The van der Waals surface area contributed by atoms with Gasteiger partial charge in [-0.25, -0.2) is 0 Å². The van der Waals surface area contributed by atoms with Crippen molar-refractivity contribution in [3.05, 3.63) is 93.3 Å². The van der Waals surface area contributed by atoms with Gasteiger partial charge in [0.1, 0.15) is 23.0 Å². The number of aromatic nitrogens is 6. The summed E-state index contributed by atoms with van der Waals surface area (Å²) in [6.07, 6.45) is -6.61. The minimum atomic E-state index is -4.72. The predicted octanol–water partition coefficient (Wildman–Crippen LogP) is 9.16. The highest BCUT2D eigenvalue weighted by atomic mass is 127. The topological polar surface area (TPSA) is 169 Å². The summed E-state index contributed by atoms with van der Waals surface area (Å²) in [5.41, 5.74) is 4.99. The molecule has 4 heterocycles. The molecule has 6 rings (SSSR count). The Morgan fingerprint density at radius 2 is 0.982 bits per heavy atom. The van der Waals surface area contributed by atoms with E-state index in [2.05, 4.69) is 39.6 Å². The van der Waals surface area contributed by atoms with Crippen molar-refractivity contribution in [2.45, 2.75) is 79.3 Å². The quantitative estimate of drug-likeness (QED) is 0.0662. The average molecular weight is 907 g/mol. The number of rotatable bonds is 13. The third-order valence-electron chi connectivity index (χ3n) is 7.82. The first-order valence-electron chi connectivity index (χ1n) is 16.8. The molecule has 0 aliphatic rings. The predicted molar refractivity (Wildman–Crippen MR) is 195 cm³/mol. The molecule has 0 spiro atoms. The number of hydrogen-bond donors (Lipinski definition) is 1. The fraction of sp³-hybridized carbons (Fsp3) is 0.389. The lowest BCUT2D eigenvalue weighted by molar-refractivity contribution is -0.160. The van der Waals surface area contributed by atoms with Gasteiger partial charge in [0.05, 0.1) is 31.2 Å². The van der Waals surface area contributed by atoms with E-state index in [9.17, 15) is 31.4 Å². The molecule has 2 aromatic carbocycles. The summed E-state index contributed by atoms with van der Waals surface area (Å²) in [7, 11) is 0. The second-order valence-electron chi connectivity index (χ2n) is 12.5. The van der Waals surface area contributed by atoms with Gasteiger partial charge in [-0.1, -0.05) is 20.6 Å². The second-order valence-corrected chi connectivity index (χ2v) is 12.5. The van der Waals surface area contributed by atoms with E-state index in [1.807, 2.05) is 39.8 Å². The van der Waals surface area contributed by atoms with Gasteiger partial charge >= 0.3 is 24.1 Å². The molecule has 1 N–H and O–H groups in total. The Balaban J connectivity index is 0.000000244. The zero-order valence-electron chi connectivity index (χ0n) is 30.7. The molecule has 0 radical (unpaired) electrons. The molecule has 0 aliphatic carbocycles. The summed E-state index contributed by atoms with van der Waals surface area (Å²) < 4.78 is 106. The molecule has 0 atom stereocenters. The van der Waals surface area contributed by atoms with Gasteiger partial charge in [-0.15, -0.1) is 24.0 Å². The van der Waals surface area contributed by atoms with Gasteiger partial charge < -0.3 is 32.7 Å². The molecule has 20 heteroatoms. The van der Waals surface area contributed by atoms with Gasteiger partial charge in [0, 0.05) is 41.7 Å². The van der Waals surface area contributed by atoms with Crippen LogP contribution in [-0.2, 0) is 31.8 Å². The van der Waals surface area contributed by atoms with Crippen LogP contribution in [0.25, 0.3) is 22.8 Å². The zero-order valence-corrected chi connectivity index (χ0v) is 33.0. The van der Waals surface area contributed by atoms with Crippen LogP contribution in [0, 0.1) is 34.6 Å². The lowest BCUT2D eigenvalue weighted by Gasteiger charge is -2.14. The smallest absolute Gasteiger partial charge is 0.471 e. The number of ether oxygens (including phenoxy) is 2. The van der Waals surface area contributed by atoms with Gasteiger partial charge in [0.2, 0.25) is 11.6 Å². The summed E-state index contributed by atoms with van der Waals surface area (Å²) >= 11 is 0. The fourth-order valence-electron chi connectivity index (χ4n) is 5.43. The highest BCUT2D eigenvalue weighted by molar-refractivity contribution is 14.0. The van der Waals surface area contributed by atoms with E-state index in [0.717, 1.165) is 40.5 Å². The van der Waals surface area contributed by atoms with Crippen LogP contribution in [-0.4, -0.2) is 48.9 Å². The summed E-state index contributed by atoms with van der Waals surface area (Å²) in [5, 5.41) is 24.1. The molecule has 0 saturated carbocycles. The van der Waals surface area contributed by atoms with Crippen LogP contribution in [0.5, 0.6) is 11.5 Å². The highest BCUT2D eigenvalue weighted by Gasteiger charge is 2.39. The van der Waals surface area contributed by atoms with E-state index < -0.39 is 24.1 Å². The number of nitrogens with zero attached hydrogens (tertiary/aromatic N) is 6. The van der Waals surface area contributed by atoms with Crippen LogP contribution in [0.4, 0.5) is 26.3 Å². The van der Waals surface area contributed by atoms with Gasteiger partial charge in [0.25, 0.3) is 0 Å². The Labute approximate surface area is 332 Å². The van der Waals surface area contributed by atoms with E-state index in [1.54, 1.807) is 25.1 Å². The minimum Gasteiger partial charge on any atom is -0.493 e. The van der Waals surface area contributed by atoms with Crippen LogP contribution in [0.2, 0.25) is 0 Å². The highest BCUT2D eigenvalue weighted by Crippen LogP contribution is 2.34. The van der Waals surface area contributed by atoms with Crippen LogP contribution in [0.15, 0.2) is 54.5 Å². The van der Waals surface area contributed by atoms with Crippen molar-refractivity contribution in [1.82, 2.24) is 30.6 Å². The Morgan fingerprint density at radius 3 is 1.36 bits per heavy atom. The van der Waals surface area contributed by atoms with E-state index in [1.165, 1.54) is 6.07 Å². The van der Waals surface area contributed by atoms with Gasteiger partial charge in [-0.2, -0.15) is 36.3 Å². The molecule has 0 aliphatic heterocycles. The average Bonchev–Trinajstić information content (AvgIpc) is 3.94. The summed E-state index contributed by atoms with van der Waals surface area (Å²) in [6.45, 7) is 9.54. The molecule has 0 bridgehead atoms. The lowest BCUT2D eigenvalue weighted by Crippen LogP contribution is -2.05. The fourth-order valence-corrected chi connectivity index (χ4v) is 5.43. The van der Waals surface area contributed by atoms with Gasteiger partial charge in [0.15, 0.2) is 0 Å². The number of alkyl halides is 6. The molecule has 302 valence electrons. The molecular formula is C36H37F6IN6O7. The third kappa shape index (κ3) is 11.5. The summed E-state index contributed by atoms with van der Waals surface area (Å²) in [4.78, 5) is 6.78. The van der Waals surface area contributed by atoms with Crippen molar-refractivity contribution < 1.29 is 59.0 Å². The number of hydrogen-bond acceptors (Lipinski definition) is 13. The molecule has 0 amide bonds. The van der Waals surface area contributed by atoms with Crippen molar-refractivity contribution in [1.29, 1.82) is 0 Å². The van der Waals surface area contributed by atoms with Crippen molar-refractivity contribution in [2.24, 2.45) is 0 Å². The summed E-state index contributed by atoms with van der Waals surface area (Å²) in [6, 6.07) is 10.1. The number of aryl methyl sites for hydroxylation is 7. The molecule has 56 heavy (non-hydrogen) atoms. The third-order valence-corrected chi connectivity index (χ3v) is 7.82. The van der Waals surface area contributed by atoms with Gasteiger partial charge in [-0.3, -0.25) is 0 Å². The van der Waals surface area contributed by atoms with E-state index in [-0.39, 0.29) is 42.2 Å². The largest absolute Gasteiger partial charge is 0.493 e. The molecule has 13 nitrogen and oxygen atoms in total. The lowest BCUT2D eigenvalue weighted by atomic mass is 10.0. The minimum absolute atomic E-state index is 0. The Hall–Kier alpha value is -4.99. The van der Waals surface area contributed by atoms with E-state index in [0.29, 0.717) is 66.2 Å². The first-order chi connectivity index (χ1) is 26.0. The Kier molecular flexibility index (Phi) is 14.7. The number of halogens is 7. The Morgan fingerprint density at radius 1 is 0.571 bits per heavy atom. The van der Waals surface area contributed by atoms with Crippen LogP contribution >= 0.6 is 24.0 Å². The van der Waals surface area contributed by atoms with Crippen molar-refractivity contribution in [3.8, 4) is 34.3 Å². The Bertz CT molecular complexity index is 2170. The molecule has 4 aromatic heterocycles. The SMILES string of the molecule is Cc1cc(CCCOc2c(C)cc(-c3noc(C(F)(F)F)n3)cc2C)on1.Cc1cc(CCCOc2c(C)cc(-c3noc(C(F)(F)F)n3)cc2CO)on1.I. The maximum atomic E-state index is 12.6. The van der Waals surface area contributed by atoms with Crippen molar-refractivity contribution in [3.63, 3.8) is 0 Å². The first-order valence-corrected chi connectivity index (χ1v) is 16.8. The maximum Gasteiger partial charge on any atom is 0.471 e. The van der Waals surface area contributed by atoms with Crippen LogP contribution in [0.1, 0.15) is 69.8 Å². The van der Waals surface area contributed by atoms with Crippen molar-refractivity contribution in [2.75, 3.05) is 13.2 Å². The monoisotopic (exact) mass is 906 g/mol. The number of aliphatic hydroxyl groups excluding tert-OH is 1. The van der Waals surface area contributed by atoms with Crippen molar-refractivity contribution >= 4 is 24.0 Å². The second kappa shape index (κ2) is 18.8. The standard InChI is InChI=1S/C18H18F3N3O4.C18H18F3N3O3.HI/c1-10-6-12(16-22-17(28-24-16)18(19,20)21)8-13(9-25)15(10)26-5-3-4-14-7-11(2)23-27-14;1-10-7-13(16-22-17(27-24-16)18(19,20)21)8-11(2)15(10)25-6-4-5-14-9-12(3)23-26-14;/h6-8,25H,3-5,9H2,1-2H3;7-9H,4-6H2,1-3H3;1H. The van der Waals surface area contributed by atoms with Crippen LogP contribution < -0.4 is 9.47 Å². The molecule has 0 saturated heterocycles. The zero-order chi connectivity index (χ0) is 39.9. The number of benzene rings is 2. The van der Waals surface area contributed by atoms with E-state index >= 15 is 0 Å². The summed E-state index contributed by atoms with van der Waals surface area (Å²) in [5.74, 6) is -0.389. The van der Waals surface area contributed by atoms with Crippen LogP contribution in [0.3, 0.4) is 0 Å².